The Bertz CT molecular complexity index is 856. The Morgan fingerprint density at radius 1 is 1.10 bits per heavy atom. The van der Waals surface area contributed by atoms with Crippen molar-refractivity contribution < 1.29 is 28.3 Å². The second-order valence-electron chi connectivity index (χ2n) is 8.78. The molecule has 1 saturated heterocycles. The number of carbonyl (C=O) groups is 4. The highest BCUT2D eigenvalue weighted by atomic mass is 19.1. The number of ether oxygens (including phenoxy) is 1. The van der Waals surface area contributed by atoms with Crippen LogP contribution in [0.1, 0.15) is 33.1 Å². The van der Waals surface area contributed by atoms with Gasteiger partial charge in [-0.05, 0) is 61.3 Å². The van der Waals surface area contributed by atoms with Crippen molar-refractivity contribution in [3.63, 3.8) is 0 Å². The number of hydrogen-bond acceptors (Lipinski definition) is 5. The average Bonchev–Trinajstić information content (AvgIpc) is 3.38. The minimum atomic E-state index is -1.05. The van der Waals surface area contributed by atoms with Gasteiger partial charge in [-0.1, -0.05) is 13.8 Å². The predicted molar refractivity (Wildman–Crippen MR) is 104 cm³/mol. The van der Waals surface area contributed by atoms with Crippen LogP contribution in [0.3, 0.4) is 0 Å². The van der Waals surface area contributed by atoms with E-state index in [-0.39, 0.29) is 41.4 Å². The third kappa shape index (κ3) is 3.48. The number of halogens is 1. The number of esters is 1. The highest BCUT2D eigenvalue weighted by Gasteiger charge is 2.62. The van der Waals surface area contributed by atoms with E-state index < -0.39 is 30.3 Å². The van der Waals surface area contributed by atoms with Crippen LogP contribution in [-0.2, 0) is 23.9 Å². The maximum Gasteiger partial charge on any atom is 0.330 e. The van der Waals surface area contributed by atoms with Gasteiger partial charge in [-0.3, -0.25) is 19.3 Å². The zero-order valence-corrected chi connectivity index (χ0v) is 17.0. The highest BCUT2D eigenvalue weighted by molar-refractivity contribution is 6.08. The molecule has 0 spiro atoms. The Morgan fingerprint density at radius 3 is 2.20 bits per heavy atom. The second-order valence-corrected chi connectivity index (χ2v) is 8.78. The number of fused-ring (bicyclic) bond motifs is 5. The van der Waals surface area contributed by atoms with Gasteiger partial charge in [0.1, 0.15) is 11.9 Å². The van der Waals surface area contributed by atoms with Gasteiger partial charge in [-0.25, -0.2) is 9.18 Å². The molecule has 1 heterocycles. The Kier molecular flexibility index (Phi) is 5.34. The smallest absolute Gasteiger partial charge is 0.330 e. The summed E-state index contributed by atoms with van der Waals surface area (Å²) in [4.78, 5) is 52.0. The molecule has 0 radical (unpaired) electrons. The van der Waals surface area contributed by atoms with Gasteiger partial charge in [-0.15, -0.1) is 0 Å². The van der Waals surface area contributed by atoms with Crippen molar-refractivity contribution in [3.8, 4) is 0 Å². The molecule has 1 aromatic carbocycles. The first kappa shape index (κ1) is 20.5. The van der Waals surface area contributed by atoms with E-state index in [2.05, 4.69) is 5.32 Å². The van der Waals surface area contributed by atoms with Gasteiger partial charge in [0.25, 0.3) is 5.91 Å². The van der Waals surface area contributed by atoms with Crippen LogP contribution in [0.5, 0.6) is 0 Å². The lowest BCUT2D eigenvalue weighted by molar-refractivity contribution is -0.162. The molecule has 2 saturated carbocycles. The molecule has 1 N–H and O–H groups in total. The summed E-state index contributed by atoms with van der Waals surface area (Å²) in [7, 11) is 0. The topological polar surface area (TPSA) is 92.8 Å². The molecule has 8 heteroatoms. The monoisotopic (exact) mass is 416 g/mol. The summed E-state index contributed by atoms with van der Waals surface area (Å²) in [5.74, 6) is -2.86. The number of nitrogens with one attached hydrogen (secondary N) is 1. The lowest BCUT2D eigenvalue weighted by atomic mass is 9.81. The third-order valence-electron chi connectivity index (χ3n) is 6.59. The van der Waals surface area contributed by atoms with Gasteiger partial charge < -0.3 is 10.1 Å². The molecular formula is C22H25FN2O5. The lowest BCUT2D eigenvalue weighted by Gasteiger charge is -2.28. The van der Waals surface area contributed by atoms with Crippen LogP contribution in [0, 0.1) is 35.4 Å². The number of rotatable bonds is 6. The number of imide groups is 1. The minimum absolute atomic E-state index is 0.228. The number of hydrogen-bond donors (Lipinski definition) is 1. The molecule has 30 heavy (non-hydrogen) atoms. The molecule has 7 nitrogen and oxygen atoms in total. The molecule has 1 aromatic rings. The quantitative estimate of drug-likeness (QED) is 0.568. The highest BCUT2D eigenvalue weighted by Crippen LogP contribution is 2.56. The number of amides is 3. The summed E-state index contributed by atoms with van der Waals surface area (Å²) < 4.78 is 18.1. The number of nitrogens with zero attached hydrogens (tertiary/aromatic N) is 1. The first-order chi connectivity index (χ1) is 14.3. The molecule has 4 rings (SSSR count). The summed E-state index contributed by atoms with van der Waals surface area (Å²) in [6.07, 6.45) is 2.83. The van der Waals surface area contributed by atoms with Crippen LogP contribution in [-0.4, -0.2) is 41.2 Å². The van der Waals surface area contributed by atoms with Crippen molar-refractivity contribution in [1.82, 2.24) is 4.90 Å². The largest absolute Gasteiger partial charge is 0.454 e. The molecule has 5 atom stereocenters. The number of benzene rings is 1. The van der Waals surface area contributed by atoms with Crippen LogP contribution >= 0.6 is 0 Å². The van der Waals surface area contributed by atoms with Crippen molar-refractivity contribution in [2.75, 3.05) is 11.9 Å². The Hall–Kier alpha value is -2.77. The zero-order valence-electron chi connectivity index (χ0n) is 17.0. The first-order valence-electron chi connectivity index (χ1n) is 10.4. The fraction of sp³-hybridized carbons (Fsp3) is 0.545. The van der Waals surface area contributed by atoms with E-state index in [4.69, 9.17) is 4.74 Å². The maximum atomic E-state index is 13.0. The normalized spacial score (nSPS) is 28.1. The molecule has 2 aliphatic carbocycles. The fourth-order valence-corrected chi connectivity index (χ4v) is 5.33. The molecule has 2 bridgehead atoms. The zero-order chi connectivity index (χ0) is 21.6. The van der Waals surface area contributed by atoms with E-state index in [0.717, 1.165) is 24.2 Å². The predicted octanol–water partition coefficient (Wildman–Crippen LogP) is 2.36. The SMILES string of the molecule is CC(C)[C@@H](C(=O)OCC(=O)Nc1ccc(F)cc1)N1C(=O)[C@@H]2[C@@H]3CC[C@@H](C3)[C@@H]2C1=O. The van der Waals surface area contributed by atoms with Crippen molar-refractivity contribution in [2.24, 2.45) is 29.6 Å². The molecular weight excluding hydrogens is 391 g/mol. The van der Waals surface area contributed by atoms with Gasteiger partial charge in [0.2, 0.25) is 11.8 Å². The van der Waals surface area contributed by atoms with Gasteiger partial charge in [0.05, 0.1) is 11.8 Å². The van der Waals surface area contributed by atoms with E-state index >= 15 is 0 Å². The minimum Gasteiger partial charge on any atom is -0.454 e. The molecule has 0 aromatic heterocycles. The Labute approximate surface area is 173 Å². The lowest BCUT2D eigenvalue weighted by Crippen LogP contribution is -2.50. The van der Waals surface area contributed by atoms with E-state index in [1.54, 1.807) is 13.8 Å². The first-order valence-corrected chi connectivity index (χ1v) is 10.4. The summed E-state index contributed by atoms with van der Waals surface area (Å²) in [6, 6.07) is 4.13. The van der Waals surface area contributed by atoms with Crippen molar-refractivity contribution in [3.05, 3.63) is 30.1 Å². The summed E-state index contributed by atoms with van der Waals surface area (Å²) in [6.45, 7) is 2.93. The van der Waals surface area contributed by atoms with Crippen molar-refractivity contribution in [1.29, 1.82) is 0 Å². The summed E-state index contributed by atoms with van der Waals surface area (Å²) >= 11 is 0. The standard InChI is InChI=1S/C22H25FN2O5/c1-11(2)19(22(29)30-10-16(26)24-15-7-5-14(23)6-8-15)25-20(27)17-12-3-4-13(9-12)18(17)21(25)28/h5-8,11-13,17-19H,3-4,9-10H2,1-2H3,(H,24,26)/t12-,13+,17-,18+,19-/m0/s1. The average molecular weight is 416 g/mol. The van der Waals surface area contributed by atoms with Crippen molar-refractivity contribution >= 4 is 29.4 Å². The van der Waals surface area contributed by atoms with Crippen LogP contribution in [0.25, 0.3) is 0 Å². The molecule has 0 unspecified atom stereocenters. The van der Waals surface area contributed by atoms with Gasteiger partial charge in [0.15, 0.2) is 6.61 Å². The summed E-state index contributed by atoms with van der Waals surface area (Å²) in [5, 5.41) is 2.50. The van der Waals surface area contributed by atoms with Crippen LogP contribution in [0.15, 0.2) is 24.3 Å². The molecule has 1 aliphatic heterocycles. The number of likely N-dealkylation sites (tertiary alicyclic amines) is 1. The maximum absolute atomic E-state index is 13.0. The summed E-state index contributed by atoms with van der Waals surface area (Å²) in [5.41, 5.74) is 0.367. The van der Waals surface area contributed by atoms with Gasteiger partial charge in [-0.2, -0.15) is 0 Å². The van der Waals surface area contributed by atoms with E-state index in [1.165, 1.54) is 24.3 Å². The number of anilines is 1. The molecule has 160 valence electrons. The van der Waals surface area contributed by atoms with Crippen LogP contribution < -0.4 is 5.32 Å². The molecule has 3 fully saturated rings. The van der Waals surface area contributed by atoms with Crippen molar-refractivity contribution in [2.45, 2.75) is 39.2 Å². The van der Waals surface area contributed by atoms with E-state index in [9.17, 15) is 23.6 Å². The van der Waals surface area contributed by atoms with E-state index in [0.29, 0.717) is 5.69 Å². The fourth-order valence-electron chi connectivity index (χ4n) is 5.33. The molecule has 3 aliphatic rings. The molecule has 3 amide bonds. The van der Waals surface area contributed by atoms with Crippen LogP contribution in [0.4, 0.5) is 10.1 Å². The third-order valence-corrected chi connectivity index (χ3v) is 6.59. The van der Waals surface area contributed by atoms with E-state index in [1.807, 2.05) is 0 Å². The van der Waals surface area contributed by atoms with Crippen LogP contribution in [0.2, 0.25) is 0 Å². The second kappa shape index (κ2) is 7.81. The van der Waals surface area contributed by atoms with Gasteiger partial charge in [0, 0.05) is 5.69 Å². The Morgan fingerprint density at radius 2 is 1.67 bits per heavy atom. The van der Waals surface area contributed by atoms with Gasteiger partial charge >= 0.3 is 5.97 Å². The Balaban J connectivity index is 1.41. The number of carbonyl (C=O) groups excluding carboxylic acids is 4.